The Hall–Kier alpha value is -0.680. The van der Waals surface area contributed by atoms with Gasteiger partial charge in [0.1, 0.15) is 3.70 Å². The maximum atomic E-state index is 12.4. The number of nitrogens with zero attached hydrogens (tertiary/aromatic N) is 3. The maximum absolute atomic E-state index is 12.4. The Morgan fingerprint density at radius 1 is 1.65 bits per heavy atom. The van der Waals surface area contributed by atoms with E-state index in [4.69, 9.17) is 5.26 Å². The van der Waals surface area contributed by atoms with Gasteiger partial charge < -0.3 is 0 Å². The van der Waals surface area contributed by atoms with Crippen molar-refractivity contribution in [2.24, 2.45) is 4.36 Å². The van der Waals surface area contributed by atoms with Crippen molar-refractivity contribution in [3.8, 4) is 6.19 Å². The zero-order chi connectivity index (χ0) is 12.3. The standard InChI is InChI=1S/C11H12IN3OS/c12-11-4-3-9(7-14-11)6-10-2-1-5-17(10,16)15-8-13/h3-4,7,10H,1-2,5-6H2. The molecule has 1 saturated heterocycles. The highest BCUT2D eigenvalue weighted by molar-refractivity contribution is 14.1. The van der Waals surface area contributed by atoms with E-state index in [9.17, 15) is 4.21 Å². The molecule has 0 spiro atoms. The highest BCUT2D eigenvalue weighted by atomic mass is 127. The Kier molecular flexibility index (Phi) is 3.99. The third-order valence-electron chi connectivity index (χ3n) is 2.93. The van der Waals surface area contributed by atoms with Crippen molar-refractivity contribution in [1.29, 1.82) is 5.26 Å². The molecule has 2 rings (SSSR count). The zero-order valence-electron chi connectivity index (χ0n) is 9.17. The van der Waals surface area contributed by atoms with E-state index in [-0.39, 0.29) is 5.25 Å². The lowest BCUT2D eigenvalue weighted by molar-refractivity contribution is 0.667. The van der Waals surface area contributed by atoms with Gasteiger partial charge in [-0.3, -0.25) is 4.98 Å². The molecule has 1 fully saturated rings. The van der Waals surface area contributed by atoms with Gasteiger partial charge in [0.05, 0.1) is 9.73 Å². The number of aromatic nitrogens is 1. The molecule has 0 radical (unpaired) electrons. The van der Waals surface area contributed by atoms with Crippen molar-refractivity contribution < 1.29 is 4.21 Å². The van der Waals surface area contributed by atoms with Gasteiger partial charge in [0.25, 0.3) is 0 Å². The molecule has 0 amide bonds. The summed E-state index contributed by atoms with van der Waals surface area (Å²) >= 11 is 2.15. The van der Waals surface area contributed by atoms with Gasteiger partial charge in [-0.05, 0) is 53.5 Å². The van der Waals surface area contributed by atoms with E-state index in [1.165, 1.54) is 0 Å². The minimum absolute atomic E-state index is 0.00371. The third kappa shape index (κ3) is 2.96. The van der Waals surface area contributed by atoms with E-state index >= 15 is 0 Å². The van der Waals surface area contributed by atoms with Crippen LogP contribution < -0.4 is 0 Å². The van der Waals surface area contributed by atoms with Crippen LogP contribution in [0.15, 0.2) is 22.7 Å². The number of halogens is 1. The smallest absolute Gasteiger partial charge is 0.214 e. The molecule has 0 N–H and O–H groups in total. The summed E-state index contributed by atoms with van der Waals surface area (Å²) in [6.45, 7) is 0. The second kappa shape index (κ2) is 5.31. The first-order valence-corrected chi connectivity index (χ1v) is 8.19. The Morgan fingerprint density at radius 2 is 2.47 bits per heavy atom. The quantitative estimate of drug-likeness (QED) is 0.461. The van der Waals surface area contributed by atoms with Crippen LogP contribution in [0.25, 0.3) is 0 Å². The topological polar surface area (TPSA) is 66.1 Å². The van der Waals surface area contributed by atoms with Crippen LogP contribution in [0.5, 0.6) is 0 Å². The Labute approximate surface area is 115 Å². The number of rotatable bonds is 2. The molecular weight excluding hydrogens is 349 g/mol. The molecule has 90 valence electrons. The van der Waals surface area contributed by atoms with Crippen LogP contribution in [0.3, 0.4) is 0 Å². The number of pyridine rings is 1. The third-order valence-corrected chi connectivity index (χ3v) is 6.28. The lowest BCUT2D eigenvalue weighted by atomic mass is 10.1. The van der Waals surface area contributed by atoms with Gasteiger partial charge in [0.15, 0.2) is 0 Å². The molecule has 0 aliphatic carbocycles. The average Bonchev–Trinajstić information content (AvgIpc) is 2.64. The van der Waals surface area contributed by atoms with Crippen molar-refractivity contribution in [2.45, 2.75) is 24.5 Å². The summed E-state index contributed by atoms with van der Waals surface area (Å²) in [5.41, 5.74) is 1.07. The molecule has 2 atom stereocenters. The summed E-state index contributed by atoms with van der Waals surface area (Å²) in [7, 11) is -2.32. The van der Waals surface area contributed by atoms with Crippen LogP contribution in [-0.2, 0) is 16.1 Å². The summed E-state index contributed by atoms with van der Waals surface area (Å²) < 4.78 is 17.0. The minimum atomic E-state index is -2.32. The summed E-state index contributed by atoms with van der Waals surface area (Å²) in [5.74, 6) is 0.559. The van der Waals surface area contributed by atoms with Crippen molar-refractivity contribution in [1.82, 2.24) is 4.98 Å². The molecular formula is C11H12IN3OS. The van der Waals surface area contributed by atoms with Crippen molar-refractivity contribution >= 4 is 32.3 Å². The minimum Gasteiger partial charge on any atom is -0.250 e. The number of nitriles is 1. The maximum Gasteiger partial charge on any atom is 0.214 e. The van der Waals surface area contributed by atoms with Crippen molar-refractivity contribution in [3.05, 3.63) is 27.6 Å². The van der Waals surface area contributed by atoms with Crippen LogP contribution in [0, 0.1) is 15.2 Å². The second-order valence-electron chi connectivity index (χ2n) is 4.04. The molecule has 0 saturated carbocycles. The summed E-state index contributed by atoms with van der Waals surface area (Å²) in [5, 5.41) is 8.61. The van der Waals surface area contributed by atoms with Gasteiger partial charge >= 0.3 is 0 Å². The summed E-state index contributed by atoms with van der Waals surface area (Å²) in [4.78, 5) is 4.21. The first-order chi connectivity index (χ1) is 8.14. The lowest BCUT2D eigenvalue weighted by Gasteiger charge is -2.11. The van der Waals surface area contributed by atoms with E-state index < -0.39 is 9.73 Å². The SMILES string of the molecule is N#CN=S1(=O)CCCC1Cc1ccc(I)nc1. The number of hydrogen-bond donors (Lipinski definition) is 0. The fraction of sp³-hybridized carbons (Fsp3) is 0.455. The summed E-state index contributed by atoms with van der Waals surface area (Å²) in [6, 6.07) is 3.94. The van der Waals surface area contributed by atoms with Crippen LogP contribution in [-0.4, -0.2) is 20.2 Å². The molecule has 2 unspecified atom stereocenters. The molecule has 1 aromatic heterocycles. The predicted octanol–water partition coefficient (Wildman–Crippen LogP) is 2.34. The molecule has 6 heteroatoms. The van der Waals surface area contributed by atoms with E-state index in [2.05, 4.69) is 31.9 Å². The van der Waals surface area contributed by atoms with E-state index in [0.29, 0.717) is 12.2 Å². The van der Waals surface area contributed by atoms with E-state index in [1.807, 2.05) is 18.3 Å². The average molecular weight is 361 g/mol. The van der Waals surface area contributed by atoms with Crippen molar-refractivity contribution in [3.63, 3.8) is 0 Å². The normalized spacial score (nSPS) is 27.6. The molecule has 1 aliphatic heterocycles. The Bertz CT molecular complexity index is 555. The van der Waals surface area contributed by atoms with Crippen LogP contribution in [0.2, 0.25) is 0 Å². The first kappa shape index (κ1) is 12.8. The second-order valence-corrected chi connectivity index (χ2v) is 7.79. The van der Waals surface area contributed by atoms with Crippen LogP contribution >= 0.6 is 22.6 Å². The Morgan fingerprint density at radius 3 is 3.12 bits per heavy atom. The molecule has 1 aliphatic rings. The van der Waals surface area contributed by atoms with Crippen molar-refractivity contribution in [2.75, 3.05) is 5.75 Å². The van der Waals surface area contributed by atoms with E-state index in [0.717, 1.165) is 22.1 Å². The highest BCUT2D eigenvalue weighted by Gasteiger charge is 2.29. The first-order valence-electron chi connectivity index (χ1n) is 5.36. The molecule has 2 heterocycles. The molecule has 0 bridgehead atoms. The Balaban J connectivity index is 2.20. The monoisotopic (exact) mass is 361 g/mol. The molecule has 17 heavy (non-hydrogen) atoms. The fourth-order valence-electron chi connectivity index (χ4n) is 2.08. The molecule has 1 aromatic rings. The molecule has 0 aromatic carbocycles. The highest BCUT2D eigenvalue weighted by Crippen LogP contribution is 2.25. The van der Waals surface area contributed by atoms with Crippen LogP contribution in [0.4, 0.5) is 0 Å². The summed E-state index contributed by atoms with van der Waals surface area (Å²) in [6.07, 6.45) is 6.00. The van der Waals surface area contributed by atoms with Gasteiger partial charge in [0.2, 0.25) is 6.19 Å². The van der Waals surface area contributed by atoms with E-state index in [1.54, 1.807) is 6.19 Å². The van der Waals surface area contributed by atoms with Gasteiger partial charge in [0, 0.05) is 17.2 Å². The fourth-order valence-corrected chi connectivity index (χ4v) is 4.68. The van der Waals surface area contributed by atoms with Gasteiger partial charge in [-0.25, -0.2) is 4.21 Å². The van der Waals surface area contributed by atoms with Gasteiger partial charge in [-0.15, -0.1) is 4.36 Å². The largest absolute Gasteiger partial charge is 0.250 e. The predicted molar refractivity (Wildman–Crippen MR) is 74.7 cm³/mol. The number of hydrogen-bond acceptors (Lipinski definition) is 4. The van der Waals surface area contributed by atoms with Gasteiger partial charge in [-0.1, -0.05) is 6.07 Å². The lowest BCUT2D eigenvalue weighted by Crippen LogP contribution is -2.18. The molecule has 4 nitrogen and oxygen atoms in total. The zero-order valence-corrected chi connectivity index (χ0v) is 12.1. The van der Waals surface area contributed by atoms with Gasteiger partial charge in [-0.2, -0.15) is 5.26 Å². The van der Waals surface area contributed by atoms with Crippen LogP contribution in [0.1, 0.15) is 18.4 Å².